The van der Waals surface area contributed by atoms with Gasteiger partial charge >= 0.3 is 6.09 Å². The minimum Gasteiger partial charge on any atom is -0.444 e. The Morgan fingerprint density at radius 3 is 2.06 bits per heavy atom. The fraction of sp³-hybridized carbons (Fsp3) is 0.818. The summed E-state index contributed by atoms with van der Waals surface area (Å²) in [5.74, 6) is -0.383. The lowest BCUT2D eigenvalue weighted by atomic mass is 10.1. The molecule has 0 aromatic heterocycles. The molecule has 0 spiro atoms. The first-order valence-corrected chi connectivity index (χ1v) is 5.43. The molecular formula is C11H22N2O4. The third-order valence-corrected chi connectivity index (χ3v) is 1.86. The van der Waals surface area contributed by atoms with Crippen LogP contribution in [0.5, 0.6) is 0 Å². The second kappa shape index (κ2) is 5.86. The summed E-state index contributed by atoms with van der Waals surface area (Å²) in [7, 11) is 3.10. The summed E-state index contributed by atoms with van der Waals surface area (Å²) < 4.78 is 5.02. The van der Waals surface area contributed by atoms with Gasteiger partial charge in [-0.15, -0.1) is 0 Å². The Kier molecular flexibility index (Phi) is 5.41. The minimum absolute atomic E-state index is 0.383. The lowest BCUT2D eigenvalue weighted by Crippen LogP contribution is -2.52. The van der Waals surface area contributed by atoms with Crippen molar-refractivity contribution in [1.82, 2.24) is 10.2 Å². The maximum atomic E-state index is 11.7. The smallest absolute Gasteiger partial charge is 0.408 e. The van der Waals surface area contributed by atoms with Crippen molar-refractivity contribution in [2.75, 3.05) is 14.1 Å². The van der Waals surface area contributed by atoms with Gasteiger partial charge in [-0.2, -0.15) is 0 Å². The average Bonchev–Trinajstić information content (AvgIpc) is 2.09. The lowest BCUT2D eigenvalue weighted by Gasteiger charge is -2.26. The molecule has 2 amide bonds. The van der Waals surface area contributed by atoms with Gasteiger partial charge < -0.3 is 20.1 Å². The Morgan fingerprint density at radius 1 is 1.29 bits per heavy atom. The number of aliphatic hydroxyl groups is 1. The van der Waals surface area contributed by atoms with E-state index in [9.17, 15) is 14.7 Å². The van der Waals surface area contributed by atoms with Gasteiger partial charge in [-0.25, -0.2) is 4.79 Å². The Bertz CT molecular complexity index is 282. The number of hydrogen-bond acceptors (Lipinski definition) is 4. The highest BCUT2D eigenvalue weighted by molar-refractivity contribution is 5.85. The largest absolute Gasteiger partial charge is 0.444 e. The molecule has 17 heavy (non-hydrogen) atoms. The van der Waals surface area contributed by atoms with Crippen LogP contribution in [0.15, 0.2) is 0 Å². The summed E-state index contributed by atoms with van der Waals surface area (Å²) in [6, 6.07) is -1.00. The van der Waals surface area contributed by atoms with Crippen LogP contribution in [0.3, 0.4) is 0 Å². The molecule has 2 N–H and O–H groups in total. The fourth-order valence-corrected chi connectivity index (χ4v) is 1.10. The number of carbonyl (C=O) groups is 2. The van der Waals surface area contributed by atoms with Crippen molar-refractivity contribution in [2.24, 2.45) is 0 Å². The van der Waals surface area contributed by atoms with Crippen molar-refractivity contribution < 1.29 is 19.4 Å². The molecule has 0 bridgehead atoms. The second-order valence-electron chi connectivity index (χ2n) is 5.10. The van der Waals surface area contributed by atoms with Crippen molar-refractivity contribution in [2.45, 2.75) is 45.4 Å². The predicted octanol–water partition coefficient (Wildman–Crippen LogP) is 0.349. The zero-order chi connectivity index (χ0) is 13.8. The summed E-state index contributed by atoms with van der Waals surface area (Å²) in [5.41, 5.74) is -0.644. The molecule has 100 valence electrons. The van der Waals surface area contributed by atoms with Crippen molar-refractivity contribution in [3.05, 3.63) is 0 Å². The molecule has 0 rings (SSSR count). The van der Waals surface area contributed by atoms with Crippen LogP contribution in [0.1, 0.15) is 27.7 Å². The number of hydrogen-bond donors (Lipinski definition) is 2. The summed E-state index contributed by atoms with van der Waals surface area (Å²) in [5, 5.41) is 11.8. The molecule has 0 aromatic carbocycles. The van der Waals surface area contributed by atoms with E-state index in [-0.39, 0.29) is 5.91 Å². The van der Waals surface area contributed by atoms with Crippen molar-refractivity contribution in [3.63, 3.8) is 0 Å². The summed E-state index contributed by atoms with van der Waals surface area (Å²) in [6.07, 6.45) is -1.71. The zero-order valence-electron chi connectivity index (χ0n) is 11.3. The van der Waals surface area contributed by atoms with Crippen LogP contribution in [0.4, 0.5) is 4.79 Å². The number of rotatable bonds is 3. The topological polar surface area (TPSA) is 78.9 Å². The quantitative estimate of drug-likeness (QED) is 0.753. The van der Waals surface area contributed by atoms with E-state index in [0.29, 0.717) is 0 Å². The Hall–Kier alpha value is -1.30. The second-order valence-corrected chi connectivity index (χ2v) is 5.10. The van der Waals surface area contributed by atoms with E-state index in [1.807, 2.05) is 0 Å². The highest BCUT2D eigenvalue weighted by Crippen LogP contribution is 2.07. The van der Waals surface area contributed by atoms with Crippen molar-refractivity contribution in [1.29, 1.82) is 0 Å². The predicted molar refractivity (Wildman–Crippen MR) is 63.5 cm³/mol. The van der Waals surface area contributed by atoms with Gasteiger partial charge in [-0.1, -0.05) is 0 Å². The number of nitrogens with zero attached hydrogens (tertiary/aromatic N) is 1. The summed E-state index contributed by atoms with van der Waals surface area (Å²) in [6.45, 7) is 6.59. The van der Waals surface area contributed by atoms with Gasteiger partial charge in [-0.3, -0.25) is 4.79 Å². The molecule has 2 atom stereocenters. The molecule has 0 aliphatic carbocycles. The number of aliphatic hydroxyl groups excluding tert-OH is 1. The number of likely N-dealkylation sites (N-methyl/N-ethyl adjacent to an activating group) is 1. The van der Waals surface area contributed by atoms with E-state index in [1.54, 1.807) is 34.9 Å². The molecule has 0 aliphatic rings. The Balaban J connectivity index is 4.57. The molecule has 0 aliphatic heterocycles. The molecule has 1 unspecified atom stereocenters. The number of nitrogens with one attached hydrogen (secondary N) is 1. The van der Waals surface area contributed by atoms with Crippen LogP contribution in [-0.2, 0) is 9.53 Å². The molecule has 0 heterocycles. The third-order valence-electron chi connectivity index (χ3n) is 1.86. The first-order chi connectivity index (χ1) is 7.54. The third kappa shape index (κ3) is 6.11. The zero-order valence-corrected chi connectivity index (χ0v) is 11.3. The van der Waals surface area contributed by atoms with E-state index >= 15 is 0 Å². The first kappa shape index (κ1) is 15.7. The molecule has 0 aromatic rings. The highest BCUT2D eigenvalue weighted by atomic mass is 16.6. The van der Waals surface area contributed by atoms with E-state index in [4.69, 9.17) is 4.74 Å². The van der Waals surface area contributed by atoms with Crippen molar-refractivity contribution in [3.8, 4) is 0 Å². The highest BCUT2D eigenvalue weighted by Gasteiger charge is 2.28. The Labute approximate surface area is 102 Å². The van der Waals surface area contributed by atoms with Crippen LogP contribution in [0.25, 0.3) is 0 Å². The maximum Gasteiger partial charge on any atom is 0.408 e. The van der Waals surface area contributed by atoms with Gasteiger partial charge in [0.25, 0.3) is 0 Å². The van der Waals surface area contributed by atoms with Gasteiger partial charge in [-0.05, 0) is 27.7 Å². The fourth-order valence-electron chi connectivity index (χ4n) is 1.10. The van der Waals surface area contributed by atoms with E-state index < -0.39 is 23.8 Å². The van der Waals surface area contributed by atoms with Crippen LogP contribution < -0.4 is 5.32 Å². The van der Waals surface area contributed by atoms with Gasteiger partial charge in [0, 0.05) is 14.1 Å². The molecule has 0 fully saturated rings. The number of amides is 2. The SMILES string of the molecule is CC(O)[C@H](NC(=O)OC(C)(C)C)C(=O)N(C)C. The molecule has 0 saturated carbocycles. The Morgan fingerprint density at radius 2 is 1.76 bits per heavy atom. The van der Waals surface area contributed by atoms with Crippen LogP contribution in [0, 0.1) is 0 Å². The average molecular weight is 246 g/mol. The van der Waals surface area contributed by atoms with E-state index in [0.717, 1.165) is 0 Å². The van der Waals surface area contributed by atoms with Crippen LogP contribution in [0.2, 0.25) is 0 Å². The number of alkyl carbamates (subject to hydrolysis) is 1. The summed E-state index contributed by atoms with van der Waals surface area (Å²) in [4.78, 5) is 24.5. The normalized spacial score (nSPS) is 14.8. The van der Waals surface area contributed by atoms with E-state index in [2.05, 4.69) is 5.32 Å². The lowest BCUT2D eigenvalue weighted by molar-refractivity contribution is -0.133. The molecule has 6 nitrogen and oxygen atoms in total. The molecule has 6 heteroatoms. The maximum absolute atomic E-state index is 11.7. The molecule has 0 saturated heterocycles. The first-order valence-electron chi connectivity index (χ1n) is 5.43. The minimum atomic E-state index is -1.00. The van der Waals surface area contributed by atoms with Crippen molar-refractivity contribution >= 4 is 12.0 Å². The van der Waals surface area contributed by atoms with Gasteiger partial charge in [0.1, 0.15) is 11.6 Å². The van der Waals surface area contributed by atoms with Crippen LogP contribution >= 0.6 is 0 Å². The number of ether oxygens (including phenoxy) is 1. The van der Waals surface area contributed by atoms with Gasteiger partial charge in [0.2, 0.25) is 5.91 Å². The monoisotopic (exact) mass is 246 g/mol. The van der Waals surface area contributed by atoms with Gasteiger partial charge in [0.15, 0.2) is 0 Å². The summed E-state index contributed by atoms with van der Waals surface area (Å²) >= 11 is 0. The van der Waals surface area contributed by atoms with Crippen LogP contribution in [-0.4, -0.2) is 53.8 Å². The number of carbonyl (C=O) groups excluding carboxylic acids is 2. The standard InChI is InChI=1S/C11H22N2O4/c1-7(14)8(9(15)13(5)6)12-10(16)17-11(2,3)4/h7-8,14H,1-6H3,(H,12,16)/t7?,8-/m0/s1. The molecule has 0 radical (unpaired) electrons. The molecular weight excluding hydrogens is 224 g/mol. The van der Waals surface area contributed by atoms with E-state index in [1.165, 1.54) is 11.8 Å². The van der Waals surface area contributed by atoms with Gasteiger partial charge in [0.05, 0.1) is 6.10 Å².